The van der Waals surface area contributed by atoms with Crippen LogP contribution in [0.1, 0.15) is 46.0 Å². The highest BCUT2D eigenvalue weighted by Gasteiger charge is 2.18. The van der Waals surface area contributed by atoms with Crippen LogP contribution < -0.4 is 10.6 Å². The van der Waals surface area contributed by atoms with Gasteiger partial charge >= 0.3 is 0 Å². The molecule has 2 amide bonds. The largest absolute Gasteiger partial charge is 0.357 e. The first-order valence-electron chi connectivity index (χ1n) is 10.9. The van der Waals surface area contributed by atoms with Gasteiger partial charge in [0, 0.05) is 78.8 Å². The highest BCUT2D eigenvalue weighted by Crippen LogP contribution is 2.11. The van der Waals surface area contributed by atoms with Crippen molar-refractivity contribution in [3.05, 3.63) is 0 Å². The molecule has 0 bridgehead atoms. The van der Waals surface area contributed by atoms with Crippen molar-refractivity contribution in [2.75, 3.05) is 65.4 Å². The second-order valence-corrected chi connectivity index (χ2v) is 7.58. The van der Waals surface area contributed by atoms with E-state index in [9.17, 15) is 9.59 Å². The number of hydrogen-bond acceptors (Lipinski definition) is 4. The fourth-order valence-corrected chi connectivity index (χ4v) is 3.69. The molecule has 2 heterocycles. The van der Waals surface area contributed by atoms with Crippen molar-refractivity contribution in [2.24, 2.45) is 4.99 Å². The number of guanidine groups is 1. The van der Waals surface area contributed by atoms with Gasteiger partial charge in [0.1, 0.15) is 0 Å². The van der Waals surface area contributed by atoms with Gasteiger partial charge in [-0.05, 0) is 26.2 Å². The molecule has 2 aliphatic heterocycles. The van der Waals surface area contributed by atoms with Crippen molar-refractivity contribution in [2.45, 2.75) is 46.0 Å². The predicted octanol–water partition coefficient (Wildman–Crippen LogP) is 0.498. The molecule has 2 saturated heterocycles. The number of nitrogens with one attached hydrogen (secondary N) is 2. The van der Waals surface area contributed by atoms with Crippen LogP contribution in [0.4, 0.5) is 0 Å². The summed E-state index contributed by atoms with van der Waals surface area (Å²) in [6.45, 7) is 12.2. The van der Waals surface area contributed by atoms with Gasteiger partial charge in [0.05, 0.1) is 0 Å². The molecule has 0 aromatic rings. The molecule has 0 radical (unpaired) electrons. The number of likely N-dealkylation sites (tertiary alicyclic amines) is 1. The second kappa shape index (κ2) is 12.6. The van der Waals surface area contributed by atoms with E-state index in [2.05, 4.69) is 27.4 Å². The van der Waals surface area contributed by atoms with E-state index in [0.717, 1.165) is 90.7 Å². The molecular formula is C20H38N6O2. The lowest BCUT2D eigenvalue weighted by molar-refractivity contribution is -0.131. The molecule has 2 rings (SSSR count). The molecule has 8 heteroatoms. The number of piperazine rings is 1. The molecule has 0 unspecified atom stereocenters. The third-order valence-corrected chi connectivity index (χ3v) is 5.41. The van der Waals surface area contributed by atoms with E-state index in [1.165, 1.54) is 6.42 Å². The van der Waals surface area contributed by atoms with Crippen molar-refractivity contribution in [1.82, 2.24) is 25.3 Å². The molecule has 28 heavy (non-hydrogen) atoms. The molecule has 160 valence electrons. The van der Waals surface area contributed by atoms with Crippen LogP contribution in [0.3, 0.4) is 0 Å². The Kier molecular flexibility index (Phi) is 10.1. The Morgan fingerprint density at radius 3 is 2.54 bits per heavy atom. The first kappa shape index (κ1) is 22.5. The summed E-state index contributed by atoms with van der Waals surface area (Å²) in [4.78, 5) is 34.4. The third kappa shape index (κ3) is 8.04. The maximum Gasteiger partial charge on any atom is 0.222 e. The summed E-state index contributed by atoms with van der Waals surface area (Å²) in [5.41, 5.74) is 0. The van der Waals surface area contributed by atoms with Crippen LogP contribution in [0.2, 0.25) is 0 Å². The maximum absolute atomic E-state index is 12.0. The van der Waals surface area contributed by atoms with Gasteiger partial charge < -0.3 is 20.4 Å². The van der Waals surface area contributed by atoms with Crippen molar-refractivity contribution < 1.29 is 9.59 Å². The van der Waals surface area contributed by atoms with E-state index < -0.39 is 0 Å². The summed E-state index contributed by atoms with van der Waals surface area (Å²) in [5, 5.41) is 6.68. The van der Waals surface area contributed by atoms with Crippen LogP contribution in [0, 0.1) is 0 Å². The van der Waals surface area contributed by atoms with Crippen molar-refractivity contribution in [1.29, 1.82) is 0 Å². The summed E-state index contributed by atoms with van der Waals surface area (Å²) in [6.07, 6.45) is 4.92. The summed E-state index contributed by atoms with van der Waals surface area (Å²) in [6, 6.07) is 0. The number of carbonyl (C=O) groups is 2. The van der Waals surface area contributed by atoms with Crippen molar-refractivity contribution >= 4 is 17.8 Å². The quantitative estimate of drug-likeness (QED) is 0.356. The summed E-state index contributed by atoms with van der Waals surface area (Å²) < 4.78 is 0. The minimum absolute atomic E-state index is 0.168. The Labute approximate surface area is 169 Å². The lowest BCUT2D eigenvalue weighted by Crippen LogP contribution is -2.50. The highest BCUT2D eigenvalue weighted by molar-refractivity contribution is 5.79. The fourth-order valence-electron chi connectivity index (χ4n) is 3.69. The molecule has 0 aromatic carbocycles. The number of hydrogen-bond donors (Lipinski definition) is 2. The highest BCUT2D eigenvalue weighted by atomic mass is 16.2. The Balaban J connectivity index is 1.64. The van der Waals surface area contributed by atoms with Gasteiger partial charge in [0.25, 0.3) is 0 Å². The van der Waals surface area contributed by atoms with Crippen molar-refractivity contribution in [3.63, 3.8) is 0 Å². The topological polar surface area (TPSA) is 80.3 Å². The molecule has 0 spiro atoms. The smallest absolute Gasteiger partial charge is 0.222 e. The minimum atomic E-state index is 0.168. The van der Waals surface area contributed by atoms with Crippen molar-refractivity contribution in [3.8, 4) is 0 Å². The van der Waals surface area contributed by atoms with E-state index in [0.29, 0.717) is 12.3 Å². The van der Waals surface area contributed by atoms with Crippen LogP contribution in [0.25, 0.3) is 0 Å². The van der Waals surface area contributed by atoms with E-state index in [1.807, 2.05) is 9.80 Å². The minimum Gasteiger partial charge on any atom is -0.357 e. The van der Waals surface area contributed by atoms with Crippen LogP contribution in [-0.4, -0.2) is 97.9 Å². The molecule has 0 aromatic heterocycles. The molecule has 8 nitrogen and oxygen atoms in total. The number of nitrogens with zero attached hydrogens (tertiary/aromatic N) is 4. The molecular weight excluding hydrogens is 356 g/mol. The lowest BCUT2D eigenvalue weighted by atomic mass is 10.2. The van der Waals surface area contributed by atoms with Crippen LogP contribution >= 0.6 is 0 Å². The number of rotatable bonds is 8. The molecule has 0 aliphatic carbocycles. The van der Waals surface area contributed by atoms with Gasteiger partial charge in [0.15, 0.2) is 5.96 Å². The zero-order valence-corrected chi connectivity index (χ0v) is 17.7. The van der Waals surface area contributed by atoms with Crippen LogP contribution in [0.15, 0.2) is 4.99 Å². The van der Waals surface area contributed by atoms with E-state index in [1.54, 1.807) is 6.92 Å². The maximum atomic E-state index is 12.0. The Morgan fingerprint density at radius 1 is 1.04 bits per heavy atom. The van der Waals surface area contributed by atoms with Gasteiger partial charge in [-0.1, -0.05) is 6.42 Å². The Hall–Kier alpha value is -1.83. The lowest BCUT2D eigenvalue weighted by Gasteiger charge is -2.34. The van der Waals surface area contributed by atoms with E-state index >= 15 is 0 Å². The van der Waals surface area contributed by atoms with Gasteiger partial charge in [-0.3, -0.25) is 19.5 Å². The van der Waals surface area contributed by atoms with E-state index in [-0.39, 0.29) is 5.91 Å². The second-order valence-electron chi connectivity index (χ2n) is 7.58. The molecule has 0 saturated carbocycles. The molecule has 0 atom stereocenters. The van der Waals surface area contributed by atoms with E-state index in [4.69, 9.17) is 0 Å². The Bertz CT molecular complexity index is 517. The van der Waals surface area contributed by atoms with Gasteiger partial charge in [-0.25, -0.2) is 0 Å². The third-order valence-electron chi connectivity index (χ3n) is 5.41. The first-order chi connectivity index (χ1) is 13.6. The first-order valence-corrected chi connectivity index (χ1v) is 10.9. The SMILES string of the molecule is CCNC(=NCCCN1CCCCCC1=O)NCCN1CCN(C(C)=O)CC1. The summed E-state index contributed by atoms with van der Waals surface area (Å²) in [5.74, 6) is 1.31. The predicted molar refractivity (Wildman–Crippen MR) is 112 cm³/mol. The Morgan fingerprint density at radius 2 is 1.82 bits per heavy atom. The van der Waals surface area contributed by atoms with Gasteiger partial charge in [-0.2, -0.15) is 0 Å². The zero-order valence-electron chi connectivity index (χ0n) is 17.7. The van der Waals surface area contributed by atoms with Gasteiger partial charge in [0.2, 0.25) is 11.8 Å². The normalized spacial score (nSPS) is 19.5. The average molecular weight is 395 g/mol. The summed E-state index contributed by atoms with van der Waals surface area (Å²) in [7, 11) is 0. The number of aliphatic imine (C=N–C) groups is 1. The van der Waals surface area contributed by atoms with Crippen LogP contribution in [-0.2, 0) is 9.59 Å². The summed E-state index contributed by atoms with van der Waals surface area (Å²) >= 11 is 0. The standard InChI is InChI=1S/C20H38N6O2/c1-3-21-20(22-9-7-12-26-11-6-4-5-8-19(26)28)23-10-13-24-14-16-25(17-15-24)18(2)27/h3-17H2,1-2H3,(H2,21,22,23). The molecule has 2 N–H and O–H groups in total. The molecule has 2 fully saturated rings. The average Bonchev–Trinajstić information content (AvgIpc) is 2.89. The number of carbonyl (C=O) groups excluding carboxylic acids is 2. The molecule has 2 aliphatic rings. The zero-order chi connectivity index (χ0) is 20.2. The number of amides is 2. The fraction of sp³-hybridized carbons (Fsp3) is 0.850. The van der Waals surface area contributed by atoms with Gasteiger partial charge in [-0.15, -0.1) is 0 Å². The monoisotopic (exact) mass is 394 g/mol. The van der Waals surface area contributed by atoms with Crippen LogP contribution in [0.5, 0.6) is 0 Å².